The third-order valence-electron chi connectivity index (χ3n) is 4.60. The third kappa shape index (κ3) is 3.92. The summed E-state index contributed by atoms with van der Waals surface area (Å²) in [5, 5.41) is 15.5. The van der Waals surface area contributed by atoms with Crippen LogP contribution in [-0.4, -0.2) is 43.5 Å². The van der Waals surface area contributed by atoms with E-state index in [1.54, 1.807) is 12.1 Å². The van der Waals surface area contributed by atoms with Gasteiger partial charge in [0.1, 0.15) is 5.82 Å². The van der Waals surface area contributed by atoms with Crippen molar-refractivity contribution in [3.05, 3.63) is 65.5 Å². The normalized spacial score (nSPS) is 20.8. The van der Waals surface area contributed by atoms with Gasteiger partial charge in [0.15, 0.2) is 0 Å². The van der Waals surface area contributed by atoms with E-state index >= 15 is 0 Å². The van der Waals surface area contributed by atoms with Crippen LogP contribution in [0.2, 0.25) is 0 Å². The molecule has 1 aliphatic rings. The van der Waals surface area contributed by atoms with Gasteiger partial charge in [-0.15, -0.1) is 0 Å². The Morgan fingerprint density at radius 3 is 2.27 bits per heavy atom. The Kier molecular flexibility index (Phi) is 5.08. The number of amides is 1. The molecule has 3 N–H and O–H groups in total. The van der Waals surface area contributed by atoms with E-state index in [0.717, 1.165) is 5.56 Å². The molecule has 1 amide bonds. The number of hydrogen-bond acceptors (Lipinski definition) is 4. The number of hydrogen-bond donors (Lipinski definition) is 2. The van der Waals surface area contributed by atoms with Crippen LogP contribution in [0.3, 0.4) is 0 Å². The molecule has 0 aliphatic carbocycles. The van der Waals surface area contributed by atoms with Crippen LogP contribution in [-0.2, 0) is 10.0 Å². The van der Waals surface area contributed by atoms with Gasteiger partial charge in [0.25, 0.3) is 5.91 Å². The van der Waals surface area contributed by atoms with Crippen molar-refractivity contribution in [3.8, 4) is 0 Å². The number of primary sulfonamides is 1. The lowest BCUT2D eigenvalue weighted by Gasteiger charge is -2.36. The summed E-state index contributed by atoms with van der Waals surface area (Å²) < 4.78 is 35.6. The van der Waals surface area contributed by atoms with E-state index in [4.69, 9.17) is 5.14 Å². The molecule has 138 valence electrons. The Balaban J connectivity index is 1.70. The molecule has 3 rings (SSSR count). The van der Waals surface area contributed by atoms with Crippen LogP contribution in [0, 0.1) is 5.82 Å². The molecule has 0 radical (unpaired) electrons. The quantitative estimate of drug-likeness (QED) is 0.844. The summed E-state index contributed by atoms with van der Waals surface area (Å²) in [6.45, 7) is 0.590. The second-order valence-electron chi connectivity index (χ2n) is 6.33. The van der Waals surface area contributed by atoms with Crippen LogP contribution in [0.4, 0.5) is 4.39 Å². The molecule has 0 bridgehead atoms. The van der Waals surface area contributed by atoms with E-state index in [1.807, 2.05) is 0 Å². The monoisotopic (exact) mass is 378 g/mol. The van der Waals surface area contributed by atoms with E-state index in [-0.39, 0.29) is 29.1 Å². The molecular weight excluding hydrogens is 359 g/mol. The van der Waals surface area contributed by atoms with E-state index in [9.17, 15) is 22.7 Å². The number of nitrogens with zero attached hydrogens (tertiary/aromatic N) is 1. The molecule has 0 aromatic heterocycles. The molecule has 1 saturated heterocycles. The van der Waals surface area contributed by atoms with Crippen molar-refractivity contribution in [2.45, 2.75) is 23.3 Å². The zero-order valence-electron chi connectivity index (χ0n) is 13.9. The number of rotatable bonds is 3. The zero-order chi connectivity index (χ0) is 18.9. The standard InChI is InChI=1S/C18H19FN2O4S/c19-14-5-1-12(2-6-14)16-9-10-21(11-17(16)22)18(23)13-3-7-15(8-4-13)26(20,24)25/h1-8,16-17,22H,9-11H2,(H2,20,24,25)/t16-,17+/m0/s1. The van der Waals surface area contributed by atoms with Gasteiger partial charge in [0.2, 0.25) is 10.0 Å². The van der Waals surface area contributed by atoms with Crippen molar-refractivity contribution in [1.29, 1.82) is 0 Å². The van der Waals surface area contributed by atoms with Crippen LogP contribution >= 0.6 is 0 Å². The first kappa shape index (κ1) is 18.5. The molecule has 1 aliphatic heterocycles. The predicted molar refractivity (Wildman–Crippen MR) is 93.5 cm³/mol. The highest BCUT2D eigenvalue weighted by atomic mass is 32.2. The Hall–Kier alpha value is -2.29. The maximum atomic E-state index is 13.0. The topological polar surface area (TPSA) is 101 Å². The van der Waals surface area contributed by atoms with Gasteiger partial charge < -0.3 is 10.0 Å². The van der Waals surface area contributed by atoms with E-state index in [0.29, 0.717) is 18.5 Å². The molecule has 2 atom stereocenters. The van der Waals surface area contributed by atoms with Gasteiger partial charge in [-0.05, 0) is 48.4 Å². The van der Waals surface area contributed by atoms with Gasteiger partial charge >= 0.3 is 0 Å². The lowest BCUT2D eigenvalue weighted by atomic mass is 9.87. The third-order valence-corrected chi connectivity index (χ3v) is 5.53. The van der Waals surface area contributed by atoms with Crippen molar-refractivity contribution in [1.82, 2.24) is 4.90 Å². The average molecular weight is 378 g/mol. The number of aliphatic hydroxyl groups excluding tert-OH is 1. The van der Waals surface area contributed by atoms with Gasteiger partial charge in [-0.3, -0.25) is 4.79 Å². The zero-order valence-corrected chi connectivity index (χ0v) is 14.7. The molecule has 2 aromatic rings. The van der Waals surface area contributed by atoms with Crippen LogP contribution in [0.5, 0.6) is 0 Å². The average Bonchev–Trinajstić information content (AvgIpc) is 2.61. The molecule has 1 heterocycles. The lowest BCUT2D eigenvalue weighted by Crippen LogP contribution is -2.45. The Labute approximate surface area is 151 Å². The molecule has 6 nitrogen and oxygen atoms in total. The second-order valence-corrected chi connectivity index (χ2v) is 7.90. The number of likely N-dealkylation sites (tertiary alicyclic amines) is 1. The Morgan fingerprint density at radius 2 is 1.73 bits per heavy atom. The fraction of sp³-hybridized carbons (Fsp3) is 0.278. The van der Waals surface area contributed by atoms with Crippen LogP contribution in [0.1, 0.15) is 28.3 Å². The largest absolute Gasteiger partial charge is 0.391 e. The second kappa shape index (κ2) is 7.14. The van der Waals surface area contributed by atoms with Crippen molar-refractivity contribution >= 4 is 15.9 Å². The Morgan fingerprint density at radius 1 is 1.12 bits per heavy atom. The highest BCUT2D eigenvalue weighted by molar-refractivity contribution is 7.89. The highest BCUT2D eigenvalue weighted by Crippen LogP contribution is 2.29. The number of carbonyl (C=O) groups is 1. The van der Waals surface area contributed by atoms with Crippen molar-refractivity contribution in [2.24, 2.45) is 5.14 Å². The van der Waals surface area contributed by atoms with Gasteiger partial charge in [0.05, 0.1) is 11.0 Å². The highest BCUT2D eigenvalue weighted by Gasteiger charge is 2.31. The summed E-state index contributed by atoms with van der Waals surface area (Å²) in [4.78, 5) is 14.0. The van der Waals surface area contributed by atoms with E-state index in [2.05, 4.69) is 0 Å². The minimum Gasteiger partial charge on any atom is -0.391 e. The summed E-state index contributed by atoms with van der Waals surface area (Å²) >= 11 is 0. The minimum atomic E-state index is -3.81. The number of piperidine rings is 1. The first-order valence-corrected chi connectivity index (χ1v) is 9.66. The van der Waals surface area contributed by atoms with Crippen LogP contribution in [0.25, 0.3) is 0 Å². The number of nitrogens with two attached hydrogens (primary N) is 1. The molecule has 8 heteroatoms. The molecule has 0 saturated carbocycles. The van der Waals surface area contributed by atoms with Gasteiger partial charge in [-0.1, -0.05) is 12.1 Å². The smallest absolute Gasteiger partial charge is 0.253 e. The molecular formula is C18H19FN2O4S. The number of benzene rings is 2. The van der Waals surface area contributed by atoms with Crippen LogP contribution < -0.4 is 5.14 Å². The number of carbonyl (C=O) groups excluding carboxylic acids is 1. The van der Waals surface area contributed by atoms with Gasteiger partial charge in [-0.2, -0.15) is 0 Å². The molecule has 1 fully saturated rings. The maximum absolute atomic E-state index is 13.0. The summed E-state index contributed by atoms with van der Waals surface area (Å²) in [6, 6.07) is 11.4. The first-order valence-electron chi connectivity index (χ1n) is 8.11. The summed E-state index contributed by atoms with van der Waals surface area (Å²) in [6.07, 6.45) is -0.213. The molecule has 26 heavy (non-hydrogen) atoms. The van der Waals surface area contributed by atoms with Gasteiger partial charge in [0, 0.05) is 24.6 Å². The fourth-order valence-electron chi connectivity index (χ4n) is 3.18. The summed E-state index contributed by atoms with van der Waals surface area (Å²) in [5.41, 5.74) is 1.16. The van der Waals surface area contributed by atoms with E-state index in [1.165, 1.54) is 41.3 Å². The van der Waals surface area contributed by atoms with Crippen molar-refractivity contribution in [3.63, 3.8) is 0 Å². The number of halogens is 1. The maximum Gasteiger partial charge on any atom is 0.253 e. The predicted octanol–water partition coefficient (Wildman–Crippen LogP) is 1.46. The minimum absolute atomic E-state index is 0.0656. The number of sulfonamides is 1. The molecule has 0 unspecified atom stereocenters. The molecule has 2 aromatic carbocycles. The van der Waals surface area contributed by atoms with E-state index < -0.39 is 16.1 Å². The Bertz CT molecular complexity index is 898. The van der Waals surface area contributed by atoms with Crippen molar-refractivity contribution in [2.75, 3.05) is 13.1 Å². The SMILES string of the molecule is NS(=O)(=O)c1ccc(C(=O)N2CC[C@@H](c3ccc(F)cc3)[C@H](O)C2)cc1. The number of aliphatic hydroxyl groups is 1. The first-order chi connectivity index (χ1) is 12.3. The van der Waals surface area contributed by atoms with Crippen molar-refractivity contribution < 1.29 is 22.7 Å². The summed E-state index contributed by atoms with van der Waals surface area (Å²) in [5.74, 6) is -0.786. The summed E-state index contributed by atoms with van der Waals surface area (Å²) in [7, 11) is -3.81. The lowest BCUT2D eigenvalue weighted by molar-refractivity contribution is 0.0382. The van der Waals surface area contributed by atoms with Crippen LogP contribution in [0.15, 0.2) is 53.4 Å². The number of β-amino-alcohol motifs (C(OH)–C–C–N with tert-alkyl or cyclic N) is 1. The molecule has 0 spiro atoms. The fourth-order valence-corrected chi connectivity index (χ4v) is 3.70. The van der Waals surface area contributed by atoms with Gasteiger partial charge in [-0.25, -0.2) is 17.9 Å².